The molecule has 6 heteroatoms. The molecular formula is C17H27BN2O3. The van der Waals surface area contributed by atoms with Gasteiger partial charge in [0, 0.05) is 24.3 Å². The van der Waals surface area contributed by atoms with Crippen LogP contribution in [0.3, 0.4) is 0 Å². The van der Waals surface area contributed by atoms with Gasteiger partial charge in [0.15, 0.2) is 0 Å². The first kappa shape index (κ1) is 16.7. The highest BCUT2D eigenvalue weighted by molar-refractivity contribution is 6.62. The molecule has 3 rings (SSSR count). The van der Waals surface area contributed by atoms with Gasteiger partial charge in [-0.2, -0.15) is 5.10 Å². The maximum absolute atomic E-state index is 11.1. The molecular weight excluding hydrogens is 291 g/mol. The van der Waals surface area contributed by atoms with Crippen molar-refractivity contribution in [2.45, 2.75) is 77.0 Å². The Bertz CT molecular complexity index is 548. The van der Waals surface area contributed by atoms with Gasteiger partial charge in [0.1, 0.15) is 6.29 Å². The zero-order valence-electron chi connectivity index (χ0n) is 14.6. The van der Waals surface area contributed by atoms with Crippen molar-refractivity contribution < 1.29 is 14.1 Å². The van der Waals surface area contributed by atoms with Gasteiger partial charge in [0.25, 0.3) is 0 Å². The van der Waals surface area contributed by atoms with E-state index < -0.39 is 7.12 Å². The van der Waals surface area contributed by atoms with E-state index >= 15 is 0 Å². The quantitative estimate of drug-likeness (QED) is 0.618. The van der Waals surface area contributed by atoms with E-state index in [1.807, 2.05) is 44.8 Å². The van der Waals surface area contributed by atoms with Gasteiger partial charge < -0.3 is 14.1 Å². The lowest BCUT2D eigenvalue weighted by molar-refractivity contribution is -0.108. The van der Waals surface area contributed by atoms with E-state index in [9.17, 15) is 4.79 Å². The number of carbonyl (C=O) groups is 1. The van der Waals surface area contributed by atoms with Crippen molar-refractivity contribution in [2.24, 2.45) is 5.92 Å². The van der Waals surface area contributed by atoms with Crippen LogP contribution in [-0.4, -0.2) is 34.4 Å². The number of nitrogens with zero attached hydrogens (tertiary/aromatic N) is 2. The van der Waals surface area contributed by atoms with Gasteiger partial charge in [0.2, 0.25) is 0 Å². The Morgan fingerprint density at radius 3 is 2.48 bits per heavy atom. The molecule has 0 spiro atoms. The van der Waals surface area contributed by atoms with Crippen LogP contribution in [0.5, 0.6) is 0 Å². The number of rotatable bonds is 5. The van der Waals surface area contributed by atoms with Gasteiger partial charge in [-0.05, 0) is 46.5 Å². The molecule has 2 aliphatic rings. The van der Waals surface area contributed by atoms with Crippen molar-refractivity contribution in [2.75, 3.05) is 0 Å². The first-order valence-corrected chi connectivity index (χ1v) is 8.67. The molecule has 1 aliphatic heterocycles. The van der Waals surface area contributed by atoms with E-state index in [0.29, 0.717) is 12.3 Å². The summed E-state index contributed by atoms with van der Waals surface area (Å²) in [6.45, 7) is 8.19. The summed E-state index contributed by atoms with van der Waals surface area (Å²) in [5.41, 5.74) is 0.221. The molecule has 1 aromatic rings. The average molecular weight is 318 g/mol. The molecule has 1 saturated heterocycles. The third-order valence-corrected chi connectivity index (χ3v) is 5.77. The second-order valence-corrected chi connectivity index (χ2v) is 7.86. The zero-order valence-corrected chi connectivity index (χ0v) is 14.6. The predicted molar refractivity (Wildman–Crippen MR) is 89.6 cm³/mol. The van der Waals surface area contributed by atoms with Gasteiger partial charge >= 0.3 is 7.12 Å². The summed E-state index contributed by atoms with van der Waals surface area (Å²) in [5.74, 6) is 0.547. The normalized spacial score (nSPS) is 25.0. The largest absolute Gasteiger partial charge is 0.498 e. The van der Waals surface area contributed by atoms with Crippen molar-refractivity contribution in [3.8, 4) is 0 Å². The van der Waals surface area contributed by atoms with E-state index in [4.69, 9.17) is 9.31 Å². The molecule has 0 N–H and O–H groups in total. The van der Waals surface area contributed by atoms with E-state index in [-0.39, 0.29) is 17.2 Å². The second-order valence-electron chi connectivity index (χ2n) is 7.86. The maximum Gasteiger partial charge on any atom is 0.498 e. The Morgan fingerprint density at radius 1 is 1.30 bits per heavy atom. The average Bonchev–Trinajstić information content (AvgIpc) is 3.17. The molecule has 0 aromatic carbocycles. The lowest BCUT2D eigenvalue weighted by atomic mass is 9.82. The summed E-state index contributed by atoms with van der Waals surface area (Å²) >= 11 is 0. The number of hydrogen-bond acceptors (Lipinski definition) is 4. The van der Waals surface area contributed by atoms with Crippen molar-refractivity contribution in [3.05, 3.63) is 12.4 Å². The molecule has 23 heavy (non-hydrogen) atoms. The highest BCUT2D eigenvalue weighted by Gasteiger charge is 2.52. The van der Waals surface area contributed by atoms with Crippen LogP contribution in [0.25, 0.3) is 0 Å². The van der Waals surface area contributed by atoms with Crippen LogP contribution in [0.15, 0.2) is 12.4 Å². The second kappa shape index (κ2) is 6.06. The molecule has 2 fully saturated rings. The van der Waals surface area contributed by atoms with E-state index in [1.165, 1.54) is 25.7 Å². The SMILES string of the molecule is CC1(C)OB(c2cnn(C(CC=O)C3CCCC3)c2)OC1(C)C. The number of carbonyl (C=O) groups excluding carboxylic acids is 1. The van der Waals surface area contributed by atoms with Crippen LogP contribution in [-0.2, 0) is 14.1 Å². The first-order chi connectivity index (χ1) is 10.8. The van der Waals surface area contributed by atoms with Gasteiger partial charge in [-0.3, -0.25) is 4.68 Å². The summed E-state index contributed by atoms with van der Waals surface area (Å²) < 4.78 is 14.1. The summed E-state index contributed by atoms with van der Waals surface area (Å²) in [7, 11) is -0.394. The lowest BCUT2D eigenvalue weighted by Crippen LogP contribution is -2.41. The molecule has 2 heterocycles. The van der Waals surface area contributed by atoms with E-state index in [2.05, 4.69) is 5.10 Å². The Kier molecular flexibility index (Phi) is 4.40. The van der Waals surface area contributed by atoms with Gasteiger partial charge in [0.05, 0.1) is 17.2 Å². The number of aldehydes is 1. The minimum atomic E-state index is -0.394. The number of hydrogen-bond donors (Lipinski definition) is 0. The van der Waals surface area contributed by atoms with Crippen LogP contribution in [0.1, 0.15) is 65.8 Å². The Balaban J connectivity index is 1.78. The molecule has 0 amide bonds. The Hall–Kier alpha value is -1.14. The molecule has 1 aromatic heterocycles. The van der Waals surface area contributed by atoms with E-state index in [0.717, 1.165) is 11.7 Å². The summed E-state index contributed by atoms with van der Waals surface area (Å²) in [6.07, 6.45) is 10.2. The third-order valence-electron chi connectivity index (χ3n) is 5.77. The molecule has 0 bridgehead atoms. The van der Waals surface area contributed by atoms with Crippen LogP contribution >= 0.6 is 0 Å². The highest BCUT2D eigenvalue weighted by atomic mass is 16.7. The van der Waals surface area contributed by atoms with Crippen molar-refractivity contribution in [3.63, 3.8) is 0 Å². The van der Waals surface area contributed by atoms with E-state index in [1.54, 1.807) is 0 Å². The molecule has 1 atom stereocenters. The van der Waals surface area contributed by atoms with Crippen molar-refractivity contribution in [1.82, 2.24) is 9.78 Å². The van der Waals surface area contributed by atoms with Crippen molar-refractivity contribution in [1.29, 1.82) is 0 Å². The maximum atomic E-state index is 11.1. The first-order valence-electron chi connectivity index (χ1n) is 8.67. The molecule has 1 aliphatic carbocycles. The summed E-state index contributed by atoms with van der Waals surface area (Å²) in [4.78, 5) is 11.1. The standard InChI is InChI=1S/C17H27BN2O3/c1-16(2)17(3,4)23-18(22-16)14-11-19-20(12-14)15(9-10-21)13-7-5-6-8-13/h10-13,15H,5-9H2,1-4H3. The van der Waals surface area contributed by atoms with Crippen LogP contribution in [0, 0.1) is 5.92 Å². The van der Waals surface area contributed by atoms with Gasteiger partial charge in [-0.1, -0.05) is 12.8 Å². The molecule has 126 valence electrons. The Morgan fingerprint density at radius 2 is 1.91 bits per heavy atom. The minimum absolute atomic E-state index is 0.158. The summed E-state index contributed by atoms with van der Waals surface area (Å²) in [5, 5.41) is 4.52. The Labute approximate surface area is 138 Å². The van der Waals surface area contributed by atoms with Crippen LogP contribution < -0.4 is 5.46 Å². The fourth-order valence-corrected chi connectivity index (χ4v) is 3.59. The monoisotopic (exact) mass is 318 g/mol. The van der Waals surface area contributed by atoms with Gasteiger partial charge in [-0.25, -0.2) is 0 Å². The summed E-state index contributed by atoms with van der Waals surface area (Å²) in [6, 6.07) is 0.158. The molecule has 1 unspecified atom stereocenters. The smallest absolute Gasteiger partial charge is 0.399 e. The highest BCUT2D eigenvalue weighted by Crippen LogP contribution is 2.37. The predicted octanol–water partition coefficient (Wildman–Crippen LogP) is 2.50. The molecule has 1 saturated carbocycles. The fraction of sp³-hybridized carbons (Fsp3) is 0.765. The third kappa shape index (κ3) is 3.11. The van der Waals surface area contributed by atoms with Gasteiger partial charge in [-0.15, -0.1) is 0 Å². The van der Waals surface area contributed by atoms with Crippen LogP contribution in [0.2, 0.25) is 0 Å². The topological polar surface area (TPSA) is 53.4 Å². The number of aromatic nitrogens is 2. The fourth-order valence-electron chi connectivity index (χ4n) is 3.59. The molecule has 5 nitrogen and oxygen atoms in total. The van der Waals surface area contributed by atoms with Crippen LogP contribution in [0.4, 0.5) is 0 Å². The lowest BCUT2D eigenvalue weighted by Gasteiger charge is -2.32. The minimum Gasteiger partial charge on any atom is -0.399 e. The zero-order chi connectivity index (χ0) is 16.7. The molecule has 0 radical (unpaired) electrons. The van der Waals surface area contributed by atoms with Crippen molar-refractivity contribution >= 4 is 18.9 Å².